The zero-order valence-corrected chi connectivity index (χ0v) is 14.5. The highest BCUT2D eigenvalue weighted by atomic mass is 35.5. The topological polar surface area (TPSA) is 49.4 Å². The minimum atomic E-state index is -3.53. The molecular weight excluding hydrogens is 363 g/mol. The van der Waals surface area contributed by atoms with Crippen molar-refractivity contribution in [3.63, 3.8) is 0 Å². The molecule has 0 radical (unpaired) electrons. The molecule has 3 rings (SSSR count). The van der Waals surface area contributed by atoms with Gasteiger partial charge in [-0.15, -0.1) is 23.7 Å². The fraction of sp³-hybridized carbons (Fsp3) is 0.636. The van der Waals surface area contributed by atoms with Crippen molar-refractivity contribution in [2.24, 2.45) is 0 Å². The summed E-state index contributed by atoms with van der Waals surface area (Å²) in [6.07, 6.45) is 3.03. The maximum Gasteiger partial charge on any atom is 0.245 e. The second kappa shape index (κ2) is 6.28. The molecule has 4 nitrogen and oxygen atoms in total. The molecule has 0 amide bonds. The maximum atomic E-state index is 12.6. The molecule has 2 bridgehead atoms. The van der Waals surface area contributed by atoms with Crippen molar-refractivity contribution in [1.82, 2.24) is 9.62 Å². The van der Waals surface area contributed by atoms with Gasteiger partial charge in [0.1, 0.15) is 9.23 Å². The van der Waals surface area contributed by atoms with Crippen LogP contribution in [0.15, 0.2) is 11.0 Å². The third kappa shape index (κ3) is 3.11. The summed E-state index contributed by atoms with van der Waals surface area (Å²) in [7, 11) is -3.53. The van der Waals surface area contributed by atoms with Gasteiger partial charge >= 0.3 is 0 Å². The van der Waals surface area contributed by atoms with E-state index >= 15 is 0 Å². The minimum absolute atomic E-state index is 0. The Morgan fingerprint density at radius 2 is 1.95 bits per heavy atom. The van der Waals surface area contributed by atoms with E-state index in [-0.39, 0.29) is 27.7 Å². The maximum absolute atomic E-state index is 12.6. The van der Waals surface area contributed by atoms with Gasteiger partial charge in [-0.1, -0.05) is 23.2 Å². The van der Waals surface area contributed by atoms with Gasteiger partial charge in [-0.3, -0.25) is 0 Å². The van der Waals surface area contributed by atoms with Crippen molar-refractivity contribution in [1.29, 1.82) is 0 Å². The first-order valence-electron chi connectivity index (χ1n) is 6.18. The molecule has 0 aliphatic carbocycles. The molecule has 2 aliphatic heterocycles. The summed E-state index contributed by atoms with van der Waals surface area (Å²) in [6.45, 7) is 1.06. The highest BCUT2D eigenvalue weighted by Gasteiger charge is 2.36. The smallest absolute Gasteiger partial charge is 0.245 e. The van der Waals surface area contributed by atoms with Gasteiger partial charge in [0.15, 0.2) is 0 Å². The van der Waals surface area contributed by atoms with E-state index < -0.39 is 10.0 Å². The molecule has 2 aliphatic rings. The Bertz CT molecular complexity index is 590. The number of sulfonamides is 1. The quantitative estimate of drug-likeness (QED) is 0.862. The molecule has 114 valence electrons. The van der Waals surface area contributed by atoms with Crippen LogP contribution in [0.25, 0.3) is 0 Å². The van der Waals surface area contributed by atoms with E-state index in [0.29, 0.717) is 23.5 Å². The van der Waals surface area contributed by atoms with Crippen LogP contribution in [0.2, 0.25) is 8.67 Å². The number of hydrogen-bond donors (Lipinski definition) is 1. The van der Waals surface area contributed by atoms with Crippen molar-refractivity contribution in [2.75, 3.05) is 13.1 Å². The average Bonchev–Trinajstić information content (AvgIpc) is 2.81. The third-order valence-corrected chi connectivity index (χ3v) is 7.35. The van der Waals surface area contributed by atoms with Gasteiger partial charge in [-0.25, -0.2) is 8.42 Å². The standard InChI is InChI=1S/C11H14Cl2N2O2S2.ClH/c12-10-5-9(11(13)18-10)19(16,17)15-4-3-7-1-2-8(6-15)14-7;/h5,7-8,14H,1-4,6H2;1H. The van der Waals surface area contributed by atoms with Gasteiger partial charge in [0.25, 0.3) is 0 Å². The van der Waals surface area contributed by atoms with Crippen molar-refractivity contribution in [3.8, 4) is 0 Å². The van der Waals surface area contributed by atoms with Crippen LogP contribution in [-0.4, -0.2) is 37.9 Å². The molecule has 9 heteroatoms. The highest BCUT2D eigenvalue weighted by Crippen LogP contribution is 2.36. The summed E-state index contributed by atoms with van der Waals surface area (Å²) in [6, 6.07) is 2.15. The van der Waals surface area contributed by atoms with Crippen LogP contribution >= 0.6 is 46.9 Å². The van der Waals surface area contributed by atoms with Crippen LogP contribution in [0.1, 0.15) is 19.3 Å². The van der Waals surface area contributed by atoms with E-state index in [0.717, 1.165) is 30.6 Å². The van der Waals surface area contributed by atoms with E-state index in [4.69, 9.17) is 23.2 Å². The molecule has 2 atom stereocenters. The summed E-state index contributed by atoms with van der Waals surface area (Å²) in [4.78, 5) is 0.141. The van der Waals surface area contributed by atoms with Gasteiger partial charge in [0.05, 0.1) is 4.34 Å². The van der Waals surface area contributed by atoms with E-state index in [9.17, 15) is 8.42 Å². The highest BCUT2D eigenvalue weighted by molar-refractivity contribution is 7.89. The Balaban J connectivity index is 0.00000147. The fourth-order valence-corrected chi connectivity index (χ4v) is 6.38. The number of nitrogens with one attached hydrogen (secondary N) is 1. The van der Waals surface area contributed by atoms with Gasteiger partial charge in [0, 0.05) is 25.2 Å². The molecule has 2 unspecified atom stereocenters. The van der Waals surface area contributed by atoms with Crippen LogP contribution in [-0.2, 0) is 10.0 Å². The van der Waals surface area contributed by atoms with Crippen molar-refractivity contribution in [3.05, 3.63) is 14.7 Å². The van der Waals surface area contributed by atoms with Crippen LogP contribution in [0.5, 0.6) is 0 Å². The molecule has 3 heterocycles. The van der Waals surface area contributed by atoms with Gasteiger partial charge in [0.2, 0.25) is 10.0 Å². The first-order chi connectivity index (χ1) is 8.96. The molecular formula is C11H15Cl3N2O2S2. The first-order valence-corrected chi connectivity index (χ1v) is 9.19. The predicted octanol–water partition coefficient (Wildman–Crippen LogP) is 2.99. The molecule has 0 spiro atoms. The molecule has 2 saturated heterocycles. The lowest BCUT2D eigenvalue weighted by molar-refractivity contribution is 0.383. The molecule has 1 aromatic heterocycles. The molecule has 1 aromatic rings. The lowest BCUT2D eigenvalue weighted by Crippen LogP contribution is -2.38. The number of nitrogens with zero attached hydrogens (tertiary/aromatic N) is 1. The van der Waals surface area contributed by atoms with Crippen LogP contribution < -0.4 is 5.32 Å². The van der Waals surface area contributed by atoms with Gasteiger partial charge in [-0.2, -0.15) is 4.31 Å². The third-order valence-electron chi connectivity index (χ3n) is 3.73. The van der Waals surface area contributed by atoms with Crippen LogP contribution in [0.3, 0.4) is 0 Å². The molecule has 0 aromatic carbocycles. The van der Waals surface area contributed by atoms with Crippen molar-refractivity contribution >= 4 is 57.0 Å². The normalized spacial score (nSPS) is 27.1. The Hall–Kier alpha value is 0.440. The molecule has 2 fully saturated rings. The molecule has 20 heavy (non-hydrogen) atoms. The minimum Gasteiger partial charge on any atom is -0.310 e. The first kappa shape index (κ1) is 16.8. The number of fused-ring (bicyclic) bond motifs is 2. The van der Waals surface area contributed by atoms with E-state index in [2.05, 4.69) is 5.32 Å². The lowest BCUT2D eigenvalue weighted by atomic mass is 10.1. The van der Waals surface area contributed by atoms with Crippen LogP contribution in [0.4, 0.5) is 0 Å². The molecule has 1 N–H and O–H groups in total. The van der Waals surface area contributed by atoms with Gasteiger partial charge in [-0.05, 0) is 25.3 Å². The summed E-state index contributed by atoms with van der Waals surface area (Å²) in [5.74, 6) is 0. The summed E-state index contributed by atoms with van der Waals surface area (Å²) >= 11 is 12.9. The Morgan fingerprint density at radius 3 is 2.60 bits per heavy atom. The van der Waals surface area contributed by atoms with E-state index in [1.54, 1.807) is 0 Å². The zero-order valence-electron chi connectivity index (χ0n) is 10.5. The number of rotatable bonds is 2. The number of halogens is 3. The average molecular weight is 378 g/mol. The zero-order chi connectivity index (χ0) is 13.6. The predicted molar refractivity (Wildman–Crippen MR) is 84.9 cm³/mol. The SMILES string of the molecule is Cl.O=S(=O)(c1cc(Cl)sc1Cl)N1CCC2CCC(C1)N2. The summed E-state index contributed by atoms with van der Waals surface area (Å²) in [5, 5.41) is 3.46. The number of hydrogen-bond acceptors (Lipinski definition) is 4. The second-order valence-corrected chi connectivity index (χ2v) is 9.17. The largest absolute Gasteiger partial charge is 0.310 e. The van der Waals surface area contributed by atoms with Crippen molar-refractivity contribution in [2.45, 2.75) is 36.2 Å². The number of thiophene rings is 1. The monoisotopic (exact) mass is 376 g/mol. The Kier molecular flexibility index (Phi) is 5.28. The Labute approximate surface area is 138 Å². The summed E-state index contributed by atoms with van der Waals surface area (Å²) < 4.78 is 27.4. The Morgan fingerprint density at radius 1 is 1.25 bits per heavy atom. The molecule has 0 saturated carbocycles. The van der Waals surface area contributed by atoms with E-state index in [1.807, 2.05) is 0 Å². The van der Waals surface area contributed by atoms with Crippen LogP contribution in [0, 0.1) is 0 Å². The van der Waals surface area contributed by atoms with Gasteiger partial charge < -0.3 is 5.32 Å². The lowest BCUT2D eigenvalue weighted by Gasteiger charge is -2.23. The van der Waals surface area contributed by atoms with E-state index in [1.165, 1.54) is 10.4 Å². The summed E-state index contributed by atoms with van der Waals surface area (Å²) in [5.41, 5.74) is 0. The fourth-order valence-electron chi connectivity index (χ4n) is 2.77. The van der Waals surface area contributed by atoms with Crippen molar-refractivity contribution < 1.29 is 8.42 Å². The second-order valence-electron chi connectivity index (χ2n) is 4.98.